The molecule has 1 saturated carbocycles. The van der Waals surface area contributed by atoms with Crippen molar-refractivity contribution in [3.05, 3.63) is 41.8 Å². The molecule has 7 nitrogen and oxygen atoms in total. The molecule has 4 rings (SSSR count). The number of hydrogen-bond acceptors (Lipinski definition) is 6. The SMILES string of the molecule is CC(=O)N(Cc1noc(C2CC2)n1)[C@@H]1CCN(Cc2cccnc2)C1. The summed E-state index contributed by atoms with van der Waals surface area (Å²) in [5.41, 5.74) is 1.20. The number of carbonyl (C=O) groups excluding carboxylic acids is 1. The van der Waals surface area contributed by atoms with Crippen LogP contribution < -0.4 is 0 Å². The Balaban J connectivity index is 1.38. The zero-order valence-electron chi connectivity index (χ0n) is 14.5. The monoisotopic (exact) mass is 341 g/mol. The number of nitrogens with zero attached hydrogens (tertiary/aromatic N) is 5. The Labute approximate surface area is 147 Å². The highest BCUT2D eigenvalue weighted by atomic mass is 16.5. The number of hydrogen-bond donors (Lipinski definition) is 0. The van der Waals surface area contributed by atoms with E-state index in [2.05, 4.69) is 26.1 Å². The number of pyridine rings is 1. The van der Waals surface area contributed by atoms with Crippen LogP contribution in [-0.2, 0) is 17.9 Å². The molecule has 7 heteroatoms. The minimum absolute atomic E-state index is 0.0611. The first kappa shape index (κ1) is 16.2. The normalized spacial score (nSPS) is 20.8. The number of aromatic nitrogens is 3. The summed E-state index contributed by atoms with van der Waals surface area (Å²) in [7, 11) is 0. The van der Waals surface area contributed by atoms with Crippen LogP contribution in [0.3, 0.4) is 0 Å². The third-order valence-corrected chi connectivity index (χ3v) is 4.94. The van der Waals surface area contributed by atoms with Crippen molar-refractivity contribution in [1.82, 2.24) is 24.9 Å². The molecule has 0 bridgehead atoms. The number of carbonyl (C=O) groups is 1. The van der Waals surface area contributed by atoms with E-state index in [1.807, 2.05) is 17.2 Å². The Hall–Kier alpha value is -2.28. The average Bonchev–Trinajstić information content (AvgIpc) is 3.18. The molecule has 2 aromatic rings. The topological polar surface area (TPSA) is 75.4 Å². The molecule has 0 N–H and O–H groups in total. The molecule has 2 aromatic heterocycles. The molecule has 2 aliphatic rings. The molecule has 2 fully saturated rings. The van der Waals surface area contributed by atoms with Gasteiger partial charge in [0.2, 0.25) is 11.8 Å². The van der Waals surface area contributed by atoms with E-state index in [4.69, 9.17) is 4.52 Å². The van der Waals surface area contributed by atoms with Crippen molar-refractivity contribution in [2.45, 2.75) is 51.2 Å². The second-order valence-corrected chi connectivity index (χ2v) is 7.01. The van der Waals surface area contributed by atoms with Gasteiger partial charge in [0.1, 0.15) is 0 Å². The molecule has 1 aliphatic heterocycles. The van der Waals surface area contributed by atoms with E-state index in [1.165, 1.54) is 5.56 Å². The Morgan fingerprint density at radius 2 is 2.28 bits per heavy atom. The van der Waals surface area contributed by atoms with Crippen LogP contribution in [0, 0.1) is 0 Å². The summed E-state index contributed by atoms with van der Waals surface area (Å²) in [5.74, 6) is 1.84. The Morgan fingerprint density at radius 3 is 3.00 bits per heavy atom. The quantitative estimate of drug-likeness (QED) is 0.799. The summed E-state index contributed by atoms with van der Waals surface area (Å²) in [5, 5.41) is 4.06. The number of rotatable bonds is 6. The van der Waals surface area contributed by atoms with Crippen molar-refractivity contribution >= 4 is 5.91 Å². The Bertz CT molecular complexity index is 728. The predicted octanol–water partition coefficient (Wildman–Crippen LogP) is 1.97. The van der Waals surface area contributed by atoms with Crippen molar-refractivity contribution in [3.63, 3.8) is 0 Å². The van der Waals surface area contributed by atoms with Crippen LogP contribution >= 0.6 is 0 Å². The molecule has 1 aliphatic carbocycles. The summed E-state index contributed by atoms with van der Waals surface area (Å²) < 4.78 is 5.32. The smallest absolute Gasteiger partial charge is 0.229 e. The van der Waals surface area contributed by atoms with E-state index in [1.54, 1.807) is 13.1 Å². The molecule has 0 aromatic carbocycles. The van der Waals surface area contributed by atoms with Gasteiger partial charge in [0, 0.05) is 50.9 Å². The fourth-order valence-electron chi connectivity index (χ4n) is 3.44. The Morgan fingerprint density at radius 1 is 1.40 bits per heavy atom. The second kappa shape index (κ2) is 6.92. The molecule has 132 valence electrons. The molecular weight excluding hydrogens is 318 g/mol. The standard InChI is InChI=1S/C18H23N5O2/c1-13(24)23(12-17-20-18(25-21-17)15-4-5-15)16-6-8-22(11-16)10-14-3-2-7-19-9-14/h2-3,7,9,15-16H,4-6,8,10-12H2,1H3/t16-/m1/s1. The highest BCUT2D eigenvalue weighted by molar-refractivity contribution is 5.73. The molecular formula is C18H23N5O2. The van der Waals surface area contributed by atoms with Crippen LogP contribution in [0.25, 0.3) is 0 Å². The van der Waals surface area contributed by atoms with Gasteiger partial charge in [-0.15, -0.1) is 0 Å². The first-order valence-electron chi connectivity index (χ1n) is 8.90. The van der Waals surface area contributed by atoms with Gasteiger partial charge in [-0.1, -0.05) is 11.2 Å². The van der Waals surface area contributed by atoms with Gasteiger partial charge < -0.3 is 9.42 Å². The maximum Gasteiger partial charge on any atom is 0.229 e. The lowest BCUT2D eigenvalue weighted by atomic mass is 10.2. The molecule has 1 amide bonds. The van der Waals surface area contributed by atoms with Crippen LogP contribution in [-0.4, -0.2) is 50.0 Å². The lowest BCUT2D eigenvalue weighted by Crippen LogP contribution is -2.40. The average molecular weight is 341 g/mol. The van der Waals surface area contributed by atoms with E-state index < -0.39 is 0 Å². The van der Waals surface area contributed by atoms with E-state index in [9.17, 15) is 4.79 Å². The van der Waals surface area contributed by atoms with Crippen molar-refractivity contribution in [3.8, 4) is 0 Å². The predicted molar refractivity (Wildman–Crippen MR) is 90.4 cm³/mol. The van der Waals surface area contributed by atoms with Gasteiger partial charge >= 0.3 is 0 Å². The van der Waals surface area contributed by atoms with Crippen LogP contribution in [0.2, 0.25) is 0 Å². The van der Waals surface area contributed by atoms with Crippen molar-refractivity contribution in [2.24, 2.45) is 0 Å². The molecule has 0 radical (unpaired) electrons. The second-order valence-electron chi connectivity index (χ2n) is 7.01. The summed E-state index contributed by atoms with van der Waals surface area (Å²) >= 11 is 0. The van der Waals surface area contributed by atoms with E-state index in [0.717, 1.165) is 44.8 Å². The van der Waals surface area contributed by atoms with Gasteiger partial charge in [-0.2, -0.15) is 4.98 Å². The van der Waals surface area contributed by atoms with Gasteiger partial charge in [-0.25, -0.2) is 0 Å². The van der Waals surface area contributed by atoms with Gasteiger partial charge in [-0.3, -0.25) is 14.7 Å². The summed E-state index contributed by atoms with van der Waals surface area (Å²) in [6.07, 6.45) is 6.91. The number of amides is 1. The lowest BCUT2D eigenvalue weighted by molar-refractivity contribution is -0.131. The molecule has 0 unspecified atom stereocenters. The maximum atomic E-state index is 12.2. The number of likely N-dealkylation sites (tertiary alicyclic amines) is 1. The first-order chi connectivity index (χ1) is 12.2. The minimum atomic E-state index is 0.0611. The maximum absolute atomic E-state index is 12.2. The minimum Gasteiger partial charge on any atom is -0.339 e. The fraction of sp³-hybridized carbons (Fsp3) is 0.556. The van der Waals surface area contributed by atoms with Crippen molar-refractivity contribution in [1.29, 1.82) is 0 Å². The zero-order valence-corrected chi connectivity index (χ0v) is 14.5. The lowest BCUT2D eigenvalue weighted by Gasteiger charge is -2.27. The summed E-state index contributed by atoms with van der Waals surface area (Å²) in [4.78, 5) is 25.0. The third kappa shape index (κ3) is 3.87. The molecule has 25 heavy (non-hydrogen) atoms. The summed E-state index contributed by atoms with van der Waals surface area (Å²) in [6.45, 7) is 4.75. The van der Waals surface area contributed by atoms with Crippen LogP contribution in [0.4, 0.5) is 0 Å². The van der Waals surface area contributed by atoms with Gasteiger partial charge in [0.05, 0.1) is 6.54 Å². The molecule has 0 spiro atoms. The van der Waals surface area contributed by atoms with E-state index in [-0.39, 0.29) is 11.9 Å². The molecule has 3 heterocycles. The fourth-order valence-corrected chi connectivity index (χ4v) is 3.44. The van der Waals surface area contributed by atoms with E-state index >= 15 is 0 Å². The van der Waals surface area contributed by atoms with Crippen LogP contribution in [0.15, 0.2) is 29.0 Å². The zero-order chi connectivity index (χ0) is 17.2. The first-order valence-corrected chi connectivity index (χ1v) is 8.90. The highest BCUT2D eigenvalue weighted by Crippen LogP contribution is 2.38. The Kier molecular flexibility index (Phi) is 4.48. The van der Waals surface area contributed by atoms with Crippen LogP contribution in [0.1, 0.15) is 49.4 Å². The summed E-state index contributed by atoms with van der Waals surface area (Å²) in [6, 6.07) is 4.23. The van der Waals surface area contributed by atoms with Gasteiger partial charge in [0.25, 0.3) is 0 Å². The van der Waals surface area contributed by atoms with Crippen LogP contribution in [0.5, 0.6) is 0 Å². The van der Waals surface area contributed by atoms with Gasteiger partial charge in [0.15, 0.2) is 5.82 Å². The van der Waals surface area contributed by atoms with Crippen molar-refractivity contribution < 1.29 is 9.32 Å². The molecule has 1 atom stereocenters. The highest BCUT2D eigenvalue weighted by Gasteiger charge is 2.32. The third-order valence-electron chi connectivity index (χ3n) is 4.94. The largest absolute Gasteiger partial charge is 0.339 e. The van der Waals surface area contributed by atoms with Crippen molar-refractivity contribution in [2.75, 3.05) is 13.1 Å². The van der Waals surface area contributed by atoms with Gasteiger partial charge in [-0.05, 0) is 30.9 Å². The van der Waals surface area contributed by atoms with E-state index in [0.29, 0.717) is 18.3 Å². The molecule has 1 saturated heterocycles.